The van der Waals surface area contributed by atoms with E-state index in [1.54, 1.807) is 4.31 Å². The second-order valence-corrected chi connectivity index (χ2v) is 8.74. The lowest BCUT2D eigenvalue weighted by Crippen LogP contribution is -2.47. The van der Waals surface area contributed by atoms with Gasteiger partial charge in [0.1, 0.15) is 0 Å². The monoisotopic (exact) mass is 288 g/mol. The highest BCUT2D eigenvalue weighted by atomic mass is 32.2. The van der Waals surface area contributed by atoms with E-state index in [-0.39, 0.29) is 5.25 Å². The molecule has 4 nitrogen and oxygen atoms in total. The highest BCUT2D eigenvalue weighted by Crippen LogP contribution is 2.28. The van der Waals surface area contributed by atoms with Crippen LogP contribution in [0.1, 0.15) is 39.5 Å². The van der Waals surface area contributed by atoms with Gasteiger partial charge in [-0.15, -0.1) is 0 Å². The molecular weight excluding hydrogens is 260 g/mol. The molecule has 0 aromatic carbocycles. The predicted molar refractivity (Wildman–Crippen MR) is 78.6 cm³/mol. The zero-order valence-corrected chi connectivity index (χ0v) is 13.3. The maximum atomic E-state index is 12.6. The number of likely N-dealkylation sites (tertiary alicyclic amines) is 1. The summed E-state index contributed by atoms with van der Waals surface area (Å²) in [6, 6.07) is 0. The maximum absolute atomic E-state index is 12.6. The molecule has 0 unspecified atom stereocenters. The van der Waals surface area contributed by atoms with Crippen LogP contribution in [0.3, 0.4) is 0 Å². The van der Waals surface area contributed by atoms with Crippen molar-refractivity contribution in [2.45, 2.75) is 44.8 Å². The lowest BCUT2D eigenvalue weighted by atomic mass is 9.87. The topological polar surface area (TPSA) is 40.6 Å². The summed E-state index contributed by atoms with van der Waals surface area (Å²) < 4.78 is 27.0. The van der Waals surface area contributed by atoms with Crippen molar-refractivity contribution in [1.29, 1.82) is 0 Å². The standard InChI is InChI=1S/C14H28N2O2S/c1-12(2)13-4-10-16(11-5-13)19(17,18)14-6-8-15(3)9-7-14/h12-14H,4-11H2,1-3H3. The van der Waals surface area contributed by atoms with E-state index < -0.39 is 10.0 Å². The molecule has 0 amide bonds. The number of rotatable bonds is 3. The SMILES string of the molecule is CC(C)C1CCN(S(=O)(=O)C2CCN(C)CC2)CC1. The summed E-state index contributed by atoms with van der Waals surface area (Å²) in [7, 11) is -0.985. The van der Waals surface area contributed by atoms with Gasteiger partial charge in [0.15, 0.2) is 0 Å². The molecule has 0 aliphatic carbocycles. The van der Waals surface area contributed by atoms with Gasteiger partial charge < -0.3 is 4.90 Å². The Hall–Kier alpha value is -0.130. The summed E-state index contributed by atoms with van der Waals surface area (Å²) >= 11 is 0. The lowest BCUT2D eigenvalue weighted by molar-refractivity contribution is 0.220. The Morgan fingerprint density at radius 3 is 1.95 bits per heavy atom. The van der Waals surface area contributed by atoms with Crippen molar-refractivity contribution >= 4 is 10.0 Å². The minimum absolute atomic E-state index is 0.140. The first kappa shape index (κ1) is 15.3. The van der Waals surface area contributed by atoms with Gasteiger partial charge in [-0.25, -0.2) is 12.7 Å². The van der Waals surface area contributed by atoms with Crippen molar-refractivity contribution in [1.82, 2.24) is 9.21 Å². The first-order chi connectivity index (χ1) is 8.91. The smallest absolute Gasteiger partial charge is 0.217 e. The molecule has 0 N–H and O–H groups in total. The van der Waals surface area contributed by atoms with Gasteiger partial charge in [0.25, 0.3) is 0 Å². The van der Waals surface area contributed by atoms with Crippen LogP contribution in [0.15, 0.2) is 0 Å². The van der Waals surface area contributed by atoms with Gasteiger partial charge in [0.2, 0.25) is 10.0 Å². The zero-order chi connectivity index (χ0) is 14.0. The summed E-state index contributed by atoms with van der Waals surface area (Å²) in [5.41, 5.74) is 0. The van der Waals surface area contributed by atoms with E-state index >= 15 is 0 Å². The molecule has 19 heavy (non-hydrogen) atoms. The molecule has 2 rings (SSSR count). The molecule has 0 aromatic rings. The molecule has 112 valence electrons. The van der Waals surface area contributed by atoms with Crippen LogP contribution in [0.4, 0.5) is 0 Å². The molecule has 2 aliphatic heterocycles. The highest BCUT2D eigenvalue weighted by Gasteiger charge is 2.36. The minimum Gasteiger partial charge on any atom is -0.306 e. The van der Waals surface area contributed by atoms with Gasteiger partial charge in [-0.1, -0.05) is 13.8 Å². The molecule has 0 radical (unpaired) electrons. The van der Waals surface area contributed by atoms with Gasteiger partial charge in [0, 0.05) is 13.1 Å². The average Bonchev–Trinajstić information content (AvgIpc) is 2.39. The number of sulfonamides is 1. The van der Waals surface area contributed by atoms with E-state index in [1.165, 1.54) is 0 Å². The minimum atomic E-state index is -3.05. The fourth-order valence-electron chi connectivity index (χ4n) is 3.29. The third kappa shape index (κ3) is 3.50. The van der Waals surface area contributed by atoms with Crippen LogP contribution in [0.2, 0.25) is 0 Å². The van der Waals surface area contributed by atoms with Gasteiger partial charge in [-0.3, -0.25) is 0 Å². The number of hydrogen-bond acceptors (Lipinski definition) is 3. The molecule has 2 aliphatic rings. The Balaban J connectivity index is 1.94. The van der Waals surface area contributed by atoms with Crippen molar-refractivity contribution in [3.63, 3.8) is 0 Å². The second-order valence-electron chi connectivity index (χ2n) is 6.53. The van der Waals surface area contributed by atoms with Gasteiger partial charge in [-0.2, -0.15) is 0 Å². The molecule has 0 spiro atoms. The van der Waals surface area contributed by atoms with Crippen LogP contribution in [0.25, 0.3) is 0 Å². The molecule has 0 atom stereocenters. The van der Waals surface area contributed by atoms with Crippen LogP contribution in [-0.4, -0.2) is 56.1 Å². The second kappa shape index (κ2) is 6.10. The maximum Gasteiger partial charge on any atom is 0.217 e. The molecule has 2 heterocycles. The van der Waals surface area contributed by atoms with E-state index in [1.807, 2.05) is 0 Å². The van der Waals surface area contributed by atoms with Crippen LogP contribution in [0, 0.1) is 11.8 Å². The van der Waals surface area contributed by atoms with E-state index in [0.29, 0.717) is 11.8 Å². The fourth-order valence-corrected chi connectivity index (χ4v) is 5.24. The van der Waals surface area contributed by atoms with Crippen molar-refractivity contribution in [3.05, 3.63) is 0 Å². The molecule has 5 heteroatoms. The first-order valence-electron chi connectivity index (χ1n) is 7.58. The average molecular weight is 288 g/mol. The summed E-state index contributed by atoms with van der Waals surface area (Å²) in [6.45, 7) is 7.77. The lowest BCUT2D eigenvalue weighted by Gasteiger charge is -2.37. The molecular formula is C14H28N2O2S. The Labute approximate surface area is 118 Å². The predicted octanol–water partition coefficient (Wildman–Crippen LogP) is 1.78. The van der Waals surface area contributed by atoms with E-state index in [0.717, 1.165) is 51.9 Å². The van der Waals surface area contributed by atoms with Crippen molar-refractivity contribution < 1.29 is 8.42 Å². The first-order valence-corrected chi connectivity index (χ1v) is 9.09. The van der Waals surface area contributed by atoms with E-state index in [9.17, 15) is 8.42 Å². The van der Waals surface area contributed by atoms with Gasteiger partial charge >= 0.3 is 0 Å². The Kier molecular flexibility index (Phi) is 4.90. The Morgan fingerprint density at radius 1 is 0.947 bits per heavy atom. The Bertz CT molecular complexity index is 378. The molecule has 2 saturated heterocycles. The molecule has 0 aromatic heterocycles. The quantitative estimate of drug-likeness (QED) is 0.795. The number of nitrogens with zero attached hydrogens (tertiary/aromatic N) is 2. The zero-order valence-electron chi connectivity index (χ0n) is 12.5. The number of hydrogen-bond donors (Lipinski definition) is 0. The van der Waals surface area contributed by atoms with Crippen LogP contribution in [0.5, 0.6) is 0 Å². The summed E-state index contributed by atoms with van der Waals surface area (Å²) in [5.74, 6) is 1.37. The van der Waals surface area contributed by atoms with E-state index in [4.69, 9.17) is 0 Å². The molecule has 2 fully saturated rings. The highest BCUT2D eigenvalue weighted by molar-refractivity contribution is 7.89. The summed E-state index contributed by atoms with van der Waals surface area (Å²) in [5, 5.41) is -0.140. The summed E-state index contributed by atoms with van der Waals surface area (Å²) in [6.07, 6.45) is 3.65. The summed E-state index contributed by atoms with van der Waals surface area (Å²) in [4.78, 5) is 2.22. The number of piperidine rings is 2. The third-order valence-corrected chi connectivity index (χ3v) is 7.29. The van der Waals surface area contributed by atoms with Crippen LogP contribution in [-0.2, 0) is 10.0 Å². The third-order valence-electron chi connectivity index (χ3n) is 4.89. The van der Waals surface area contributed by atoms with Crippen LogP contribution >= 0.6 is 0 Å². The van der Waals surface area contributed by atoms with Crippen molar-refractivity contribution in [3.8, 4) is 0 Å². The van der Waals surface area contributed by atoms with Crippen molar-refractivity contribution in [2.24, 2.45) is 11.8 Å². The van der Waals surface area contributed by atoms with Crippen molar-refractivity contribution in [2.75, 3.05) is 33.2 Å². The largest absolute Gasteiger partial charge is 0.306 e. The van der Waals surface area contributed by atoms with Gasteiger partial charge in [0.05, 0.1) is 5.25 Å². The fraction of sp³-hybridized carbons (Fsp3) is 1.00. The molecule has 0 saturated carbocycles. The van der Waals surface area contributed by atoms with Gasteiger partial charge in [-0.05, 0) is 57.7 Å². The van der Waals surface area contributed by atoms with Crippen LogP contribution < -0.4 is 0 Å². The normalized spacial score (nSPS) is 26.1. The van der Waals surface area contributed by atoms with E-state index in [2.05, 4.69) is 25.8 Å². The molecule has 0 bridgehead atoms. The Morgan fingerprint density at radius 2 is 1.47 bits per heavy atom.